The molecule has 0 aromatic rings. The molecule has 0 saturated heterocycles. The van der Waals surface area contributed by atoms with Gasteiger partial charge in [-0.2, -0.15) is 0 Å². The minimum atomic E-state index is -1.70. The summed E-state index contributed by atoms with van der Waals surface area (Å²) >= 11 is 0. The highest BCUT2D eigenvalue weighted by Gasteiger charge is 2.55. The Morgan fingerprint density at radius 2 is 1.66 bits per heavy atom. The Labute approximate surface area is 179 Å². The van der Waals surface area contributed by atoms with Crippen molar-refractivity contribution in [2.24, 2.45) is 22.7 Å². The number of aliphatic hydroxyl groups is 1. The number of unbranched alkanes of at least 4 members (excludes halogenated alkanes) is 1. The summed E-state index contributed by atoms with van der Waals surface area (Å²) in [5, 5.41) is 20.9. The third kappa shape index (κ3) is 7.33. The van der Waals surface area contributed by atoms with Crippen LogP contribution in [0.2, 0.25) is 13.1 Å². The van der Waals surface area contributed by atoms with Gasteiger partial charge in [-0.1, -0.05) is 54.5 Å². The van der Waals surface area contributed by atoms with Crippen molar-refractivity contribution < 1.29 is 24.2 Å². The van der Waals surface area contributed by atoms with Gasteiger partial charge in [0.1, 0.15) is 5.78 Å². The molecule has 29 heavy (non-hydrogen) atoms. The average Bonchev–Trinajstić information content (AvgIpc) is 2.57. The first-order valence-corrected chi connectivity index (χ1v) is 13.6. The van der Waals surface area contributed by atoms with Gasteiger partial charge in [0, 0.05) is 16.7 Å². The number of carboxylic acids is 1. The predicted octanol–water partition coefficient (Wildman–Crippen LogP) is 4.83. The van der Waals surface area contributed by atoms with Gasteiger partial charge in [0.05, 0.1) is 6.10 Å². The van der Waals surface area contributed by atoms with Gasteiger partial charge in [0.15, 0.2) is 14.6 Å². The fourth-order valence-electron chi connectivity index (χ4n) is 4.06. The maximum Gasteiger partial charge on any atom is 0.335 e. The lowest BCUT2D eigenvalue weighted by Gasteiger charge is -2.46. The molecule has 0 amide bonds. The number of carboxylic acid groups (broad SMARTS) is 1. The first-order chi connectivity index (χ1) is 13.0. The fourth-order valence-corrected chi connectivity index (χ4v) is 5.40. The minimum Gasteiger partial charge on any atom is -0.479 e. The van der Waals surface area contributed by atoms with E-state index in [9.17, 15) is 19.8 Å². The molecule has 0 heterocycles. The van der Waals surface area contributed by atoms with Crippen LogP contribution in [-0.4, -0.2) is 42.7 Å². The van der Waals surface area contributed by atoms with E-state index >= 15 is 0 Å². The second kappa shape index (κ2) is 10.9. The first-order valence-electron chi connectivity index (χ1n) is 10.8. The Morgan fingerprint density at radius 1 is 1.14 bits per heavy atom. The summed E-state index contributed by atoms with van der Waals surface area (Å²) in [4.78, 5) is 25.7. The zero-order chi connectivity index (χ0) is 23.2. The molecule has 0 aliphatic heterocycles. The number of hydrogen-bond donors (Lipinski definition) is 2. The van der Waals surface area contributed by atoms with E-state index in [-0.39, 0.29) is 18.1 Å². The van der Waals surface area contributed by atoms with Crippen LogP contribution in [0.5, 0.6) is 0 Å². The van der Waals surface area contributed by atoms with Crippen LogP contribution in [0.1, 0.15) is 74.1 Å². The molecule has 0 saturated carbocycles. The van der Waals surface area contributed by atoms with E-state index in [1.807, 2.05) is 46.9 Å². The number of allylic oxidation sites excluding steroid dienone is 1. The summed E-state index contributed by atoms with van der Waals surface area (Å²) in [5.74, 6) is -1.75. The third-order valence-corrected chi connectivity index (χ3v) is 6.80. The van der Waals surface area contributed by atoms with Crippen molar-refractivity contribution in [3.05, 3.63) is 12.7 Å². The number of hydrogen-bond acceptors (Lipinski definition) is 4. The Kier molecular flexibility index (Phi) is 10.5. The van der Waals surface area contributed by atoms with Crippen molar-refractivity contribution in [3.63, 3.8) is 0 Å². The lowest BCUT2D eigenvalue weighted by Crippen LogP contribution is -2.58. The quantitative estimate of drug-likeness (QED) is 0.249. The van der Waals surface area contributed by atoms with Gasteiger partial charge >= 0.3 is 5.97 Å². The van der Waals surface area contributed by atoms with E-state index < -0.39 is 43.5 Å². The number of aliphatic carboxylic acids is 1. The van der Waals surface area contributed by atoms with Crippen molar-refractivity contribution >= 4 is 20.8 Å². The van der Waals surface area contributed by atoms with Gasteiger partial charge in [-0.15, -0.1) is 6.58 Å². The first kappa shape index (κ1) is 28.0. The normalized spacial score (nSPS) is 18.0. The number of rotatable bonds is 13. The van der Waals surface area contributed by atoms with Crippen LogP contribution in [0.3, 0.4) is 0 Å². The molecule has 0 bridgehead atoms. The monoisotopic (exact) mass is 428 g/mol. The van der Waals surface area contributed by atoms with Crippen LogP contribution in [0.4, 0.5) is 0 Å². The molecule has 0 aromatic carbocycles. The Balaban J connectivity index is 5.68. The molecule has 5 nitrogen and oxygen atoms in total. The van der Waals surface area contributed by atoms with Crippen LogP contribution in [-0.2, 0) is 14.0 Å². The molecule has 0 radical (unpaired) electrons. The molecule has 4 unspecified atom stereocenters. The van der Waals surface area contributed by atoms with Crippen molar-refractivity contribution in [2.45, 2.75) is 98.9 Å². The molecule has 0 fully saturated rings. The topological polar surface area (TPSA) is 83.8 Å². The summed E-state index contributed by atoms with van der Waals surface area (Å²) in [6, 6.07) is 0. The Bertz CT molecular complexity index is 564. The Hall–Kier alpha value is -0.983. The lowest BCUT2D eigenvalue weighted by molar-refractivity contribution is -0.173. The highest BCUT2D eigenvalue weighted by molar-refractivity contribution is 6.48. The zero-order valence-electron chi connectivity index (χ0n) is 20.0. The van der Waals surface area contributed by atoms with E-state index in [4.69, 9.17) is 4.43 Å². The highest BCUT2D eigenvalue weighted by atomic mass is 28.3. The average molecular weight is 429 g/mol. The molecule has 4 atom stereocenters. The van der Waals surface area contributed by atoms with E-state index in [1.54, 1.807) is 20.8 Å². The second-order valence-corrected chi connectivity index (χ2v) is 12.8. The van der Waals surface area contributed by atoms with Crippen LogP contribution in [0.25, 0.3) is 0 Å². The van der Waals surface area contributed by atoms with Crippen molar-refractivity contribution in [1.29, 1.82) is 0 Å². The van der Waals surface area contributed by atoms with E-state index in [0.29, 0.717) is 0 Å². The maximum absolute atomic E-state index is 13.3. The zero-order valence-corrected chi connectivity index (χ0v) is 21.2. The second-order valence-electron chi connectivity index (χ2n) is 10.4. The van der Waals surface area contributed by atoms with E-state index in [1.165, 1.54) is 0 Å². The molecule has 0 aliphatic rings. The molecular weight excluding hydrogens is 384 g/mol. The predicted molar refractivity (Wildman–Crippen MR) is 122 cm³/mol. The van der Waals surface area contributed by atoms with Gasteiger partial charge in [0.2, 0.25) is 0 Å². The molecule has 2 N–H and O–H groups in total. The highest BCUT2D eigenvalue weighted by Crippen LogP contribution is 2.45. The van der Waals surface area contributed by atoms with E-state index in [0.717, 1.165) is 19.3 Å². The van der Waals surface area contributed by atoms with Crippen LogP contribution in [0, 0.1) is 22.7 Å². The summed E-state index contributed by atoms with van der Waals surface area (Å²) in [6.45, 7) is 20.4. The van der Waals surface area contributed by atoms with Crippen molar-refractivity contribution in [3.8, 4) is 0 Å². The molecule has 0 rings (SSSR count). The Morgan fingerprint density at radius 3 is 2.03 bits per heavy atom. The summed E-state index contributed by atoms with van der Waals surface area (Å²) < 4.78 is 6.12. The molecular formula is C23H44O5Si. The molecule has 0 aliphatic carbocycles. The number of aliphatic hydroxyl groups excluding tert-OH is 1. The number of carbonyl (C=O) groups excluding carboxylic acids is 1. The SMILES string of the molecule is C=CCCCC(C)C(O)C(C)C(=O)C(C)(C)CC(O[SiH](C)C)(C(=O)O)C(C)(C)C. The maximum atomic E-state index is 13.3. The number of carbonyl (C=O) groups is 2. The molecule has 170 valence electrons. The van der Waals surface area contributed by atoms with E-state index in [2.05, 4.69) is 6.58 Å². The van der Waals surface area contributed by atoms with Crippen molar-refractivity contribution in [1.82, 2.24) is 0 Å². The third-order valence-electron chi connectivity index (χ3n) is 5.93. The minimum absolute atomic E-state index is 0.0177. The van der Waals surface area contributed by atoms with Crippen LogP contribution in [0.15, 0.2) is 12.7 Å². The fraction of sp³-hybridized carbons (Fsp3) is 0.826. The molecule has 0 aromatic heterocycles. The van der Waals surface area contributed by atoms with Gasteiger partial charge in [0.25, 0.3) is 0 Å². The lowest BCUT2D eigenvalue weighted by atomic mass is 9.64. The number of ketones is 1. The van der Waals surface area contributed by atoms with Crippen LogP contribution < -0.4 is 0 Å². The van der Waals surface area contributed by atoms with Gasteiger partial charge in [-0.25, -0.2) is 4.79 Å². The van der Waals surface area contributed by atoms with Gasteiger partial charge < -0.3 is 14.6 Å². The smallest absolute Gasteiger partial charge is 0.335 e. The largest absolute Gasteiger partial charge is 0.479 e. The molecule has 6 heteroatoms. The summed E-state index contributed by atoms with van der Waals surface area (Å²) in [7, 11) is -1.70. The van der Waals surface area contributed by atoms with Crippen LogP contribution >= 0.6 is 0 Å². The van der Waals surface area contributed by atoms with Crippen molar-refractivity contribution in [2.75, 3.05) is 0 Å². The standard InChI is InChI=1S/C23H44O5Si/c1-11-12-13-14-16(2)18(24)17(3)19(25)22(7,8)15-23(20(26)27,21(4,5)6)28-29(9)10/h11,16-18,24,29H,1,12-15H2,2-10H3,(H,26,27). The van der Waals surface area contributed by atoms with Gasteiger partial charge in [-0.3, -0.25) is 4.79 Å². The van der Waals surface area contributed by atoms with Gasteiger partial charge in [-0.05, 0) is 44.7 Å². The summed E-state index contributed by atoms with van der Waals surface area (Å²) in [6.07, 6.45) is 3.78. The number of Topliss-reactive ketones (excluding diaryl/α,β-unsaturated/α-hetero) is 1. The molecule has 0 spiro atoms. The summed E-state index contributed by atoms with van der Waals surface area (Å²) in [5.41, 5.74) is -3.09.